The Bertz CT molecular complexity index is 499. The molecule has 0 aromatic carbocycles. The fourth-order valence-electron chi connectivity index (χ4n) is 2.88. The van der Waals surface area contributed by atoms with E-state index in [1.165, 1.54) is 0 Å². The molecule has 0 saturated carbocycles. The molecule has 0 bridgehead atoms. The number of nitrogen functional groups attached to an aromatic ring is 1. The van der Waals surface area contributed by atoms with Gasteiger partial charge in [-0.1, -0.05) is 0 Å². The van der Waals surface area contributed by atoms with Gasteiger partial charge in [0, 0.05) is 25.4 Å². The lowest BCUT2D eigenvalue weighted by Crippen LogP contribution is -2.41. The molecule has 2 heterocycles. The van der Waals surface area contributed by atoms with Gasteiger partial charge in [0.15, 0.2) is 0 Å². The Morgan fingerprint density at radius 2 is 2.30 bits per heavy atom. The van der Waals surface area contributed by atoms with Crippen molar-refractivity contribution in [3.8, 4) is 0 Å². The molecule has 1 atom stereocenters. The molecule has 1 aromatic rings. The topological polar surface area (TPSA) is 75.2 Å². The van der Waals surface area contributed by atoms with Crippen molar-refractivity contribution in [3.05, 3.63) is 22.9 Å². The third kappa shape index (κ3) is 3.10. The van der Waals surface area contributed by atoms with E-state index in [0.29, 0.717) is 0 Å². The van der Waals surface area contributed by atoms with Crippen molar-refractivity contribution in [2.75, 3.05) is 24.6 Å². The van der Waals surface area contributed by atoms with E-state index in [-0.39, 0.29) is 11.9 Å². The molecule has 0 spiro atoms. The molecule has 1 aliphatic heterocycles. The Morgan fingerprint density at radius 1 is 1.55 bits per heavy atom. The monoisotopic (exact) mass is 276 g/mol. The first-order valence-electron chi connectivity index (χ1n) is 7.22. The summed E-state index contributed by atoms with van der Waals surface area (Å²) < 4.78 is 5.74. The fraction of sp³-hybridized carbons (Fsp3) is 0.600. The zero-order valence-corrected chi connectivity index (χ0v) is 12.6. The number of ether oxygens (including phenoxy) is 1. The van der Waals surface area contributed by atoms with Crippen LogP contribution < -0.4 is 10.6 Å². The molecule has 1 fully saturated rings. The smallest absolute Gasteiger partial charge is 0.140 e. The van der Waals surface area contributed by atoms with E-state index in [2.05, 4.69) is 9.88 Å². The second-order valence-corrected chi connectivity index (χ2v) is 5.36. The van der Waals surface area contributed by atoms with Crippen LogP contribution >= 0.6 is 0 Å². The predicted octanol–water partition coefficient (Wildman–Crippen LogP) is 1.99. The van der Waals surface area contributed by atoms with Gasteiger partial charge in [-0.05, 0) is 45.2 Å². The van der Waals surface area contributed by atoms with Gasteiger partial charge in [-0.3, -0.25) is 5.41 Å². The molecular formula is C15H24N4O. The highest BCUT2D eigenvalue weighted by molar-refractivity contribution is 6.01. The number of rotatable bonds is 4. The lowest BCUT2D eigenvalue weighted by atomic mass is 10.0. The van der Waals surface area contributed by atoms with Crippen LogP contribution in [0.2, 0.25) is 0 Å². The molecule has 0 amide bonds. The maximum absolute atomic E-state index is 7.82. The summed E-state index contributed by atoms with van der Waals surface area (Å²) in [5.41, 5.74) is 8.48. The van der Waals surface area contributed by atoms with Gasteiger partial charge in [-0.2, -0.15) is 0 Å². The second-order valence-electron chi connectivity index (χ2n) is 5.36. The number of aryl methyl sites for hydroxylation is 2. The molecule has 5 nitrogen and oxygen atoms in total. The number of hydrogen-bond donors (Lipinski definition) is 2. The molecule has 0 radical (unpaired) electrons. The van der Waals surface area contributed by atoms with E-state index in [1.807, 2.05) is 26.8 Å². The Morgan fingerprint density at radius 3 is 2.95 bits per heavy atom. The molecule has 20 heavy (non-hydrogen) atoms. The van der Waals surface area contributed by atoms with Crippen LogP contribution in [0.4, 0.5) is 5.82 Å². The normalized spacial score (nSPS) is 19.1. The first-order valence-corrected chi connectivity index (χ1v) is 7.22. The van der Waals surface area contributed by atoms with E-state index < -0.39 is 0 Å². The number of nitrogens with zero attached hydrogens (tertiary/aromatic N) is 2. The first-order chi connectivity index (χ1) is 9.52. The maximum Gasteiger partial charge on any atom is 0.140 e. The van der Waals surface area contributed by atoms with E-state index in [1.54, 1.807) is 0 Å². The van der Waals surface area contributed by atoms with Gasteiger partial charge in [0.2, 0.25) is 0 Å². The standard InChI is InChI=1S/C15H24N4O/c1-4-20-12-6-5-7-19(9-12)15-13(14(16)17)10(2)8-11(3)18-15/h8,12H,4-7,9H2,1-3H3,(H3,16,17). The first kappa shape index (κ1) is 14.8. The van der Waals surface area contributed by atoms with Crippen LogP contribution in [-0.2, 0) is 4.74 Å². The van der Waals surface area contributed by atoms with Crippen molar-refractivity contribution in [1.29, 1.82) is 5.41 Å². The highest BCUT2D eigenvalue weighted by Crippen LogP contribution is 2.26. The van der Waals surface area contributed by atoms with Gasteiger partial charge in [0.05, 0.1) is 11.7 Å². The lowest BCUT2D eigenvalue weighted by Gasteiger charge is -2.34. The SMILES string of the molecule is CCOC1CCCN(c2nc(C)cc(C)c2C(=N)N)C1. The number of amidine groups is 1. The van der Waals surface area contributed by atoms with Crippen LogP contribution in [0.5, 0.6) is 0 Å². The molecule has 5 heteroatoms. The lowest BCUT2D eigenvalue weighted by molar-refractivity contribution is 0.0525. The van der Waals surface area contributed by atoms with Gasteiger partial charge < -0.3 is 15.4 Å². The predicted molar refractivity (Wildman–Crippen MR) is 81.6 cm³/mol. The molecule has 1 saturated heterocycles. The quantitative estimate of drug-likeness (QED) is 0.651. The van der Waals surface area contributed by atoms with Crippen molar-refractivity contribution in [2.45, 2.75) is 39.7 Å². The van der Waals surface area contributed by atoms with Crippen LogP contribution in [0.15, 0.2) is 6.07 Å². The summed E-state index contributed by atoms with van der Waals surface area (Å²) in [6.45, 7) is 8.49. The molecule has 1 aliphatic rings. The summed E-state index contributed by atoms with van der Waals surface area (Å²) in [5.74, 6) is 0.919. The Balaban J connectivity index is 2.33. The number of nitrogens with one attached hydrogen (secondary N) is 1. The van der Waals surface area contributed by atoms with Crippen LogP contribution in [0, 0.1) is 19.3 Å². The molecule has 3 N–H and O–H groups in total. The average molecular weight is 276 g/mol. The number of nitrogens with two attached hydrogens (primary N) is 1. The van der Waals surface area contributed by atoms with Crippen molar-refractivity contribution in [3.63, 3.8) is 0 Å². The van der Waals surface area contributed by atoms with Gasteiger partial charge in [0.25, 0.3) is 0 Å². The Kier molecular flexibility index (Phi) is 4.60. The summed E-state index contributed by atoms with van der Waals surface area (Å²) in [6, 6.07) is 1.98. The van der Waals surface area contributed by atoms with Crippen LogP contribution in [0.1, 0.15) is 36.6 Å². The summed E-state index contributed by atoms with van der Waals surface area (Å²) in [4.78, 5) is 6.83. The number of hydrogen-bond acceptors (Lipinski definition) is 4. The van der Waals surface area contributed by atoms with E-state index in [4.69, 9.17) is 15.9 Å². The van der Waals surface area contributed by atoms with Crippen molar-refractivity contribution in [2.24, 2.45) is 5.73 Å². The summed E-state index contributed by atoms with van der Waals surface area (Å²) in [5, 5.41) is 7.82. The van der Waals surface area contributed by atoms with Gasteiger partial charge >= 0.3 is 0 Å². The summed E-state index contributed by atoms with van der Waals surface area (Å²) >= 11 is 0. The largest absolute Gasteiger partial charge is 0.384 e. The second kappa shape index (κ2) is 6.22. The van der Waals surface area contributed by atoms with Crippen LogP contribution in [0.3, 0.4) is 0 Å². The number of piperidine rings is 1. The molecule has 2 rings (SSSR count). The van der Waals surface area contributed by atoms with E-state index in [9.17, 15) is 0 Å². The van der Waals surface area contributed by atoms with Crippen molar-refractivity contribution >= 4 is 11.7 Å². The number of anilines is 1. The van der Waals surface area contributed by atoms with Gasteiger partial charge in [0.1, 0.15) is 11.7 Å². The molecule has 110 valence electrons. The van der Waals surface area contributed by atoms with Crippen LogP contribution in [0.25, 0.3) is 0 Å². The molecule has 1 aromatic heterocycles. The number of pyridine rings is 1. The minimum absolute atomic E-state index is 0.0866. The highest BCUT2D eigenvalue weighted by atomic mass is 16.5. The zero-order valence-electron chi connectivity index (χ0n) is 12.6. The van der Waals surface area contributed by atoms with Gasteiger partial charge in [-0.25, -0.2) is 4.98 Å². The molecule has 1 unspecified atom stereocenters. The molecule has 0 aliphatic carbocycles. The van der Waals surface area contributed by atoms with Gasteiger partial charge in [-0.15, -0.1) is 0 Å². The Labute approximate surface area is 120 Å². The third-order valence-electron chi connectivity index (χ3n) is 3.67. The van der Waals surface area contributed by atoms with E-state index in [0.717, 1.165) is 55.2 Å². The highest BCUT2D eigenvalue weighted by Gasteiger charge is 2.24. The number of aromatic nitrogens is 1. The minimum Gasteiger partial charge on any atom is -0.384 e. The minimum atomic E-state index is 0.0866. The van der Waals surface area contributed by atoms with Crippen LogP contribution in [-0.4, -0.2) is 36.6 Å². The molecular weight excluding hydrogens is 252 g/mol. The van der Waals surface area contributed by atoms with E-state index >= 15 is 0 Å². The Hall–Kier alpha value is -1.62. The average Bonchev–Trinajstić information content (AvgIpc) is 2.38. The summed E-state index contributed by atoms with van der Waals surface area (Å²) in [6.07, 6.45) is 2.41. The maximum atomic E-state index is 7.82. The summed E-state index contributed by atoms with van der Waals surface area (Å²) in [7, 11) is 0. The fourth-order valence-corrected chi connectivity index (χ4v) is 2.88. The van der Waals surface area contributed by atoms with Crippen molar-refractivity contribution < 1.29 is 4.74 Å². The zero-order chi connectivity index (χ0) is 14.7. The van der Waals surface area contributed by atoms with Crippen molar-refractivity contribution in [1.82, 2.24) is 4.98 Å². The third-order valence-corrected chi connectivity index (χ3v) is 3.67.